The maximum atomic E-state index is 11.7. The van der Waals surface area contributed by atoms with Gasteiger partial charge in [0, 0.05) is 20.1 Å². The van der Waals surface area contributed by atoms with Crippen LogP contribution in [0, 0.1) is 0 Å². The molecule has 0 saturated carbocycles. The monoisotopic (exact) mass is 276 g/mol. The van der Waals surface area contributed by atoms with Crippen molar-refractivity contribution >= 4 is 12.0 Å². The Labute approximate surface area is 113 Å². The van der Waals surface area contributed by atoms with Gasteiger partial charge in [-0.3, -0.25) is 4.79 Å². The van der Waals surface area contributed by atoms with Crippen LogP contribution < -0.4 is 5.32 Å². The van der Waals surface area contributed by atoms with E-state index in [-0.39, 0.29) is 18.7 Å². The first kappa shape index (κ1) is 17.7. The molecule has 19 heavy (non-hydrogen) atoms. The zero-order valence-electron chi connectivity index (χ0n) is 12.0. The standard InChI is InChI=1S/C12H24N2O5/c1-9(2)19-6-5-14(4)11(17)13-8-12(3,18)7-10(15)16/h9,18H,5-8H2,1-4H3,(H,13,17)(H,15,16). The van der Waals surface area contributed by atoms with Crippen LogP contribution in [0.4, 0.5) is 4.79 Å². The molecule has 0 rings (SSSR count). The lowest BCUT2D eigenvalue weighted by Gasteiger charge is -2.24. The van der Waals surface area contributed by atoms with Gasteiger partial charge < -0.3 is 25.2 Å². The first-order chi connectivity index (χ1) is 8.64. The SMILES string of the molecule is CC(C)OCCN(C)C(=O)NCC(C)(O)CC(=O)O. The third-order valence-corrected chi connectivity index (χ3v) is 2.38. The van der Waals surface area contributed by atoms with E-state index in [2.05, 4.69) is 5.32 Å². The first-order valence-electron chi connectivity index (χ1n) is 6.19. The van der Waals surface area contributed by atoms with E-state index >= 15 is 0 Å². The van der Waals surface area contributed by atoms with Gasteiger partial charge >= 0.3 is 12.0 Å². The van der Waals surface area contributed by atoms with Crippen LogP contribution in [-0.2, 0) is 9.53 Å². The van der Waals surface area contributed by atoms with E-state index < -0.39 is 18.0 Å². The van der Waals surface area contributed by atoms with Crippen LogP contribution in [0.3, 0.4) is 0 Å². The van der Waals surface area contributed by atoms with Crippen molar-refractivity contribution in [3.8, 4) is 0 Å². The molecule has 0 aliphatic heterocycles. The summed E-state index contributed by atoms with van der Waals surface area (Å²) < 4.78 is 5.31. The molecule has 7 nitrogen and oxygen atoms in total. The quantitative estimate of drug-likeness (QED) is 0.591. The van der Waals surface area contributed by atoms with Gasteiger partial charge in [0.05, 0.1) is 24.7 Å². The van der Waals surface area contributed by atoms with Crippen molar-refractivity contribution in [2.45, 2.75) is 38.9 Å². The van der Waals surface area contributed by atoms with E-state index in [1.807, 2.05) is 13.8 Å². The van der Waals surface area contributed by atoms with Crippen molar-refractivity contribution in [3.63, 3.8) is 0 Å². The molecular formula is C12H24N2O5. The van der Waals surface area contributed by atoms with Crippen LogP contribution in [0.25, 0.3) is 0 Å². The minimum absolute atomic E-state index is 0.104. The summed E-state index contributed by atoms with van der Waals surface area (Å²) in [6.45, 7) is 5.90. The van der Waals surface area contributed by atoms with Crippen LogP contribution in [0.15, 0.2) is 0 Å². The number of likely N-dealkylation sites (N-methyl/N-ethyl adjacent to an activating group) is 1. The second kappa shape index (κ2) is 7.96. The van der Waals surface area contributed by atoms with E-state index in [1.165, 1.54) is 11.8 Å². The smallest absolute Gasteiger partial charge is 0.317 e. The Morgan fingerprint density at radius 3 is 2.47 bits per heavy atom. The molecule has 2 amide bonds. The van der Waals surface area contributed by atoms with Gasteiger partial charge in [-0.05, 0) is 20.8 Å². The number of carbonyl (C=O) groups is 2. The van der Waals surface area contributed by atoms with Gasteiger partial charge in [0.25, 0.3) is 0 Å². The molecule has 0 aliphatic rings. The topological polar surface area (TPSA) is 99.1 Å². The zero-order valence-corrected chi connectivity index (χ0v) is 12.0. The average molecular weight is 276 g/mol. The molecule has 0 aromatic rings. The van der Waals surface area contributed by atoms with Gasteiger partial charge in [0.1, 0.15) is 0 Å². The summed E-state index contributed by atoms with van der Waals surface area (Å²) in [5.41, 5.74) is -1.46. The summed E-state index contributed by atoms with van der Waals surface area (Å²) in [6.07, 6.45) is -0.319. The molecule has 7 heteroatoms. The number of carboxylic acids is 1. The third-order valence-electron chi connectivity index (χ3n) is 2.38. The lowest BCUT2D eigenvalue weighted by Crippen LogP contribution is -2.47. The van der Waals surface area contributed by atoms with Crippen molar-refractivity contribution < 1.29 is 24.5 Å². The molecule has 112 valence electrons. The summed E-state index contributed by atoms with van der Waals surface area (Å²) >= 11 is 0. The number of amides is 2. The molecule has 0 radical (unpaired) electrons. The number of carboxylic acid groups (broad SMARTS) is 1. The number of hydrogen-bond acceptors (Lipinski definition) is 4. The van der Waals surface area contributed by atoms with Gasteiger partial charge in [0.2, 0.25) is 0 Å². The summed E-state index contributed by atoms with van der Waals surface area (Å²) in [5, 5.41) is 20.8. The summed E-state index contributed by atoms with van der Waals surface area (Å²) in [5.74, 6) is -1.11. The average Bonchev–Trinajstić information content (AvgIpc) is 2.23. The number of urea groups is 1. The molecule has 0 aromatic heterocycles. The van der Waals surface area contributed by atoms with Gasteiger partial charge in [-0.1, -0.05) is 0 Å². The summed E-state index contributed by atoms with van der Waals surface area (Å²) in [6, 6.07) is -0.377. The maximum Gasteiger partial charge on any atom is 0.317 e. The first-order valence-corrected chi connectivity index (χ1v) is 6.19. The van der Waals surface area contributed by atoms with Crippen LogP contribution in [0.2, 0.25) is 0 Å². The van der Waals surface area contributed by atoms with Crippen LogP contribution in [-0.4, -0.2) is 65.6 Å². The minimum Gasteiger partial charge on any atom is -0.481 e. The van der Waals surface area contributed by atoms with Gasteiger partial charge in [-0.2, -0.15) is 0 Å². The Morgan fingerprint density at radius 1 is 1.42 bits per heavy atom. The number of aliphatic carboxylic acids is 1. The molecule has 0 fully saturated rings. The number of ether oxygens (including phenoxy) is 1. The highest BCUT2D eigenvalue weighted by Crippen LogP contribution is 2.07. The highest BCUT2D eigenvalue weighted by Gasteiger charge is 2.25. The maximum absolute atomic E-state index is 11.7. The number of aliphatic hydroxyl groups is 1. The predicted octanol–water partition coefficient (Wildman–Crippen LogP) is 0.279. The third kappa shape index (κ3) is 9.26. The van der Waals surface area contributed by atoms with Crippen LogP contribution in [0.1, 0.15) is 27.2 Å². The van der Waals surface area contributed by atoms with E-state index in [0.29, 0.717) is 13.2 Å². The molecule has 0 bridgehead atoms. The van der Waals surface area contributed by atoms with Gasteiger partial charge in [-0.15, -0.1) is 0 Å². The highest BCUT2D eigenvalue weighted by molar-refractivity contribution is 5.74. The van der Waals surface area contributed by atoms with Gasteiger partial charge in [-0.25, -0.2) is 4.79 Å². The van der Waals surface area contributed by atoms with E-state index in [1.54, 1.807) is 7.05 Å². The number of rotatable bonds is 8. The summed E-state index contributed by atoms with van der Waals surface area (Å²) in [7, 11) is 1.60. The van der Waals surface area contributed by atoms with E-state index in [4.69, 9.17) is 9.84 Å². The zero-order chi connectivity index (χ0) is 15.1. The fraction of sp³-hybridized carbons (Fsp3) is 0.833. The van der Waals surface area contributed by atoms with Crippen molar-refractivity contribution in [2.24, 2.45) is 0 Å². The molecule has 3 N–H and O–H groups in total. The lowest BCUT2D eigenvalue weighted by atomic mass is 10.0. The molecule has 0 spiro atoms. The molecule has 1 atom stereocenters. The molecule has 0 aliphatic carbocycles. The Hall–Kier alpha value is -1.34. The number of hydrogen-bond donors (Lipinski definition) is 3. The second-order valence-electron chi connectivity index (χ2n) is 5.07. The highest BCUT2D eigenvalue weighted by atomic mass is 16.5. The molecule has 0 heterocycles. The van der Waals surface area contributed by atoms with Crippen LogP contribution in [0.5, 0.6) is 0 Å². The van der Waals surface area contributed by atoms with Crippen molar-refractivity contribution in [1.82, 2.24) is 10.2 Å². The minimum atomic E-state index is -1.46. The molecular weight excluding hydrogens is 252 g/mol. The Morgan fingerprint density at radius 2 is 2.00 bits per heavy atom. The number of carbonyl (C=O) groups excluding carboxylic acids is 1. The Balaban J connectivity index is 3.99. The molecule has 0 saturated heterocycles. The largest absolute Gasteiger partial charge is 0.481 e. The Kier molecular flexibility index (Phi) is 7.40. The Bertz CT molecular complexity index is 304. The van der Waals surface area contributed by atoms with Crippen LogP contribution >= 0.6 is 0 Å². The van der Waals surface area contributed by atoms with Crippen molar-refractivity contribution in [3.05, 3.63) is 0 Å². The normalized spacial score (nSPS) is 14.0. The van der Waals surface area contributed by atoms with Gasteiger partial charge in [0.15, 0.2) is 0 Å². The molecule has 1 unspecified atom stereocenters. The molecule has 0 aromatic carbocycles. The van der Waals surface area contributed by atoms with E-state index in [9.17, 15) is 14.7 Å². The van der Waals surface area contributed by atoms with Crippen molar-refractivity contribution in [1.29, 1.82) is 0 Å². The summed E-state index contributed by atoms with van der Waals surface area (Å²) in [4.78, 5) is 23.6. The number of nitrogens with zero attached hydrogens (tertiary/aromatic N) is 1. The number of nitrogens with one attached hydrogen (secondary N) is 1. The fourth-order valence-electron chi connectivity index (χ4n) is 1.32. The second-order valence-corrected chi connectivity index (χ2v) is 5.07. The van der Waals surface area contributed by atoms with Crippen molar-refractivity contribution in [2.75, 3.05) is 26.7 Å². The van der Waals surface area contributed by atoms with E-state index in [0.717, 1.165) is 0 Å². The predicted molar refractivity (Wildman–Crippen MR) is 70.0 cm³/mol. The fourth-order valence-corrected chi connectivity index (χ4v) is 1.32. The lowest BCUT2D eigenvalue weighted by molar-refractivity contribution is -0.141.